The van der Waals surface area contributed by atoms with E-state index in [0.717, 1.165) is 16.7 Å². The third kappa shape index (κ3) is 5.99. The van der Waals surface area contributed by atoms with E-state index >= 15 is 0 Å². The number of nitrogens with zero attached hydrogens (tertiary/aromatic N) is 2. The molecule has 8 nitrogen and oxygen atoms in total. The first-order valence-electron chi connectivity index (χ1n) is 12.7. The second-order valence-electron chi connectivity index (χ2n) is 10.3. The Morgan fingerprint density at radius 1 is 1.00 bits per heavy atom. The van der Waals surface area contributed by atoms with Crippen LogP contribution in [0.15, 0.2) is 73.1 Å². The number of aromatic nitrogens is 1. The van der Waals surface area contributed by atoms with E-state index in [9.17, 15) is 20.1 Å². The van der Waals surface area contributed by atoms with Crippen LogP contribution in [0.3, 0.4) is 0 Å². The highest BCUT2D eigenvalue weighted by Gasteiger charge is 2.46. The second kappa shape index (κ2) is 11.0. The number of rotatable bonds is 3. The first-order valence-corrected chi connectivity index (χ1v) is 12.7. The Morgan fingerprint density at radius 2 is 1.78 bits per heavy atom. The zero-order valence-electron chi connectivity index (χ0n) is 20.7. The van der Waals surface area contributed by atoms with Gasteiger partial charge in [-0.3, -0.25) is 14.7 Å². The number of ether oxygens (including phenoxy) is 1. The molecule has 2 aliphatic rings. The van der Waals surface area contributed by atoms with Gasteiger partial charge in [0.2, 0.25) is 0 Å². The third-order valence-electron chi connectivity index (χ3n) is 7.25. The Labute approximate surface area is 216 Å². The number of carbonyl (C=O) groups excluding carboxylic acids is 1. The van der Waals surface area contributed by atoms with Crippen LogP contribution in [0.1, 0.15) is 28.8 Å². The van der Waals surface area contributed by atoms with E-state index in [1.807, 2.05) is 54.6 Å². The normalized spacial score (nSPS) is 27.0. The molecule has 1 aliphatic carbocycles. The molecule has 0 saturated heterocycles. The van der Waals surface area contributed by atoms with Crippen LogP contribution in [0.5, 0.6) is 5.75 Å². The number of aliphatic hydroxyl groups excluding tert-OH is 3. The zero-order chi connectivity index (χ0) is 25.8. The molecule has 37 heavy (non-hydrogen) atoms. The van der Waals surface area contributed by atoms with E-state index in [1.54, 1.807) is 18.5 Å². The number of amides is 1. The van der Waals surface area contributed by atoms with Crippen molar-refractivity contribution < 1.29 is 24.9 Å². The molecule has 0 radical (unpaired) electrons. The molecule has 8 heteroatoms. The molecule has 1 fully saturated rings. The molecule has 1 amide bonds. The number of fused-ring (bicyclic) bond motifs is 1. The molecule has 2 heterocycles. The van der Waals surface area contributed by atoms with Crippen molar-refractivity contribution in [1.29, 1.82) is 0 Å². The average Bonchev–Trinajstić information content (AvgIpc) is 3.19. The minimum atomic E-state index is -0.861. The Kier molecular flexibility index (Phi) is 7.53. The van der Waals surface area contributed by atoms with Crippen LogP contribution in [0.2, 0.25) is 0 Å². The van der Waals surface area contributed by atoms with Crippen molar-refractivity contribution in [3.63, 3.8) is 0 Å². The maximum Gasteiger partial charge on any atom is 0.255 e. The summed E-state index contributed by atoms with van der Waals surface area (Å²) in [5.41, 5.74) is 2.71. The summed E-state index contributed by atoms with van der Waals surface area (Å²) in [4.78, 5) is 19.4. The summed E-state index contributed by atoms with van der Waals surface area (Å²) in [6.07, 6.45) is 1.68. The fourth-order valence-electron chi connectivity index (χ4n) is 5.48. The summed E-state index contributed by atoms with van der Waals surface area (Å²) >= 11 is 0. The topological polar surface area (TPSA) is 115 Å². The van der Waals surface area contributed by atoms with Gasteiger partial charge in [-0.05, 0) is 47.7 Å². The van der Waals surface area contributed by atoms with Crippen molar-refractivity contribution in [3.8, 4) is 16.9 Å². The zero-order valence-corrected chi connectivity index (χ0v) is 20.7. The van der Waals surface area contributed by atoms with E-state index in [-0.39, 0.29) is 19.1 Å². The van der Waals surface area contributed by atoms with E-state index < -0.39 is 23.7 Å². The van der Waals surface area contributed by atoms with Gasteiger partial charge in [-0.1, -0.05) is 42.5 Å². The van der Waals surface area contributed by atoms with Gasteiger partial charge >= 0.3 is 0 Å². The highest BCUT2D eigenvalue weighted by molar-refractivity contribution is 5.97. The number of hydrogen-bond donors (Lipinski definition) is 4. The van der Waals surface area contributed by atoms with Crippen LogP contribution in [0, 0.1) is 5.41 Å². The summed E-state index contributed by atoms with van der Waals surface area (Å²) in [6.45, 7) is 1.62. The average molecular weight is 504 g/mol. The highest BCUT2D eigenvalue weighted by atomic mass is 16.5. The fourth-order valence-corrected chi connectivity index (χ4v) is 5.48. The SMILES string of the molecule is O=C1NC[C@H](O)CN(Cc2cccnc2)CC2(COc3cc(-c4ccccc4)ccc31)C[C@@H](O)[C@@H](O)C2. The Hall–Kier alpha value is -3.30. The van der Waals surface area contributed by atoms with Gasteiger partial charge in [0.25, 0.3) is 5.91 Å². The predicted molar refractivity (Wildman–Crippen MR) is 139 cm³/mol. The quantitative estimate of drug-likeness (QED) is 0.433. The lowest BCUT2D eigenvalue weighted by Gasteiger charge is -2.37. The highest BCUT2D eigenvalue weighted by Crippen LogP contribution is 2.41. The van der Waals surface area contributed by atoms with Crippen molar-refractivity contribution in [2.45, 2.75) is 37.7 Å². The van der Waals surface area contributed by atoms with E-state index in [2.05, 4.69) is 15.2 Å². The van der Waals surface area contributed by atoms with E-state index in [4.69, 9.17) is 4.74 Å². The molecule has 4 atom stereocenters. The lowest BCUT2D eigenvalue weighted by molar-refractivity contribution is 0.0400. The Morgan fingerprint density at radius 3 is 2.51 bits per heavy atom. The largest absolute Gasteiger partial charge is 0.492 e. The van der Waals surface area contributed by atoms with Gasteiger partial charge in [0.1, 0.15) is 5.75 Å². The number of pyridine rings is 1. The molecule has 1 aliphatic heterocycles. The summed E-state index contributed by atoms with van der Waals surface area (Å²) in [5.74, 6) is 0.108. The van der Waals surface area contributed by atoms with E-state index in [0.29, 0.717) is 43.8 Å². The van der Waals surface area contributed by atoms with Crippen LogP contribution >= 0.6 is 0 Å². The lowest BCUT2D eigenvalue weighted by atomic mass is 9.85. The van der Waals surface area contributed by atoms with Crippen LogP contribution in [-0.2, 0) is 6.54 Å². The molecule has 5 rings (SSSR count). The molecule has 1 spiro atoms. The van der Waals surface area contributed by atoms with Crippen molar-refractivity contribution in [2.24, 2.45) is 5.41 Å². The molecule has 0 bridgehead atoms. The molecular weight excluding hydrogens is 470 g/mol. The second-order valence-corrected chi connectivity index (χ2v) is 10.3. The number of carbonyl (C=O) groups is 1. The molecule has 4 N–H and O–H groups in total. The van der Waals surface area contributed by atoms with Crippen LogP contribution in [-0.4, -0.2) is 75.7 Å². The number of benzene rings is 2. The smallest absolute Gasteiger partial charge is 0.255 e. The molecule has 1 unspecified atom stereocenters. The van der Waals surface area contributed by atoms with Crippen LogP contribution in [0.25, 0.3) is 11.1 Å². The number of hydrogen-bond acceptors (Lipinski definition) is 7. The predicted octanol–water partition coefficient (Wildman–Crippen LogP) is 2.24. The van der Waals surface area contributed by atoms with Gasteiger partial charge in [0.15, 0.2) is 0 Å². The number of β-amino-alcohol motifs (C(OH)–C–C–N with tert-alkyl or cyclic N) is 1. The number of aliphatic hydroxyl groups is 3. The monoisotopic (exact) mass is 503 g/mol. The molecule has 194 valence electrons. The van der Waals surface area contributed by atoms with Crippen molar-refractivity contribution in [1.82, 2.24) is 15.2 Å². The van der Waals surface area contributed by atoms with Gasteiger partial charge in [0, 0.05) is 44.0 Å². The molecule has 3 aromatic rings. The van der Waals surface area contributed by atoms with Gasteiger partial charge < -0.3 is 25.4 Å². The standard InChI is InChI=1S/C29H33N3O5/c33-23-15-31-28(36)24-9-8-22(21-6-2-1-3-7-21)11-27(24)37-19-29(12-25(34)26(35)13-29)18-32(17-23)16-20-5-4-10-30-14-20/h1-11,14,23,25-26,33-35H,12-13,15-19H2,(H,31,36)/t23-,25-,26+,29?/m0/s1. The lowest BCUT2D eigenvalue weighted by Crippen LogP contribution is -2.46. The van der Waals surface area contributed by atoms with Crippen molar-refractivity contribution >= 4 is 5.91 Å². The molecule has 2 aromatic carbocycles. The minimum Gasteiger partial charge on any atom is -0.492 e. The first kappa shape index (κ1) is 25.4. The van der Waals surface area contributed by atoms with Gasteiger partial charge in [-0.2, -0.15) is 0 Å². The summed E-state index contributed by atoms with van der Waals surface area (Å²) in [6, 6.07) is 19.2. The maximum absolute atomic E-state index is 13.1. The number of nitrogens with one attached hydrogen (secondary N) is 1. The fraction of sp³-hybridized carbons (Fsp3) is 0.379. The molecule has 1 saturated carbocycles. The molecular formula is C29H33N3O5. The summed E-state index contributed by atoms with van der Waals surface area (Å²) in [5, 5.41) is 34.7. The third-order valence-corrected chi connectivity index (χ3v) is 7.25. The Bertz CT molecular complexity index is 1200. The van der Waals surface area contributed by atoms with Gasteiger partial charge in [-0.15, -0.1) is 0 Å². The Balaban J connectivity index is 1.49. The molecule has 1 aromatic heterocycles. The van der Waals surface area contributed by atoms with Crippen molar-refractivity contribution in [3.05, 3.63) is 84.2 Å². The van der Waals surface area contributed by atoms with Crippen molar-refractivity contribution in [2.75, 3.05) is 26.2 Å². The summed E-state index contributed by atoms with van der Waals surface area (Å²) in [7, 11) is 0. The first-order chi connectivity index (χ1) is 17.9. The van der Waals surface area contributed by atoms with E-state index in [1.165, 1.54) is 0 Å². The van der Waals surface area contributed by atoms with Crippen LogP contribution in [0.4, 0.5) is 0 Å². The van der Waals surface area contributed by atoms with Gasteiger partial charge in [0.05, 0.1) is 30.5 Å². The minimum absolute atomic E-state index is 0.0838. The maximum atomic E-state index is 13.1. The van der Waals surface area contributed by atoms with Gasteiger partial charge in [-0.25, -0.2) is 0 Å². The van der Waals surface area contributed by atoms with Crippen LogP contribution < -0.4 is 10.1 Å². The summed E-state index contributed by atoms with van der Waals surface area (Å²) < 4.78 is 6.37.